The average Bonchev–Trinajstić information content (AvgIpc) is 2.04. The lowest BCUT2D eigenvalue weighted by Gasteiger charge is -2.18. The van der Waals surface area contributed by atoms with Crippen molar-refractivity contribution >= 4 is 17.4 Å². The predicted octanol–water partition coefficient (Wildman–Crippen LogP) is 1.24. The quantitative estimate of drug-likeness (QED) is 0.618. The summed E-state index contributed by atoms with van der Waals surface area (Å²) in [5.74, 6) is 1.91. The van der Waals surface area contributed by atoms with Gasteiger partial charge in [-0.05, 0) is 6.92 Å². The summed E-state index contributed by atoms with van der Waals surface area (Å²) in [5, 5.41) is 3.46. The molecular weight excluding hydrogens is 178 g/mol. The van der Waals surface area contributed by atoms with Gasteiger partial charge in [-0.15, -0.1) is 0 Å². The van der Waals surface area contributed by atoms with Gasteiger partial charge in [0.2, 0.25) is 0 Å². The number of rotatable bonds is 0. The third-order valence-corrected chi connectivity index (χ3v) is 1.83. The van der Waals surface area contributed by atoms with Gasteiger partial charge in [0.25, 0.3) is 0 Å². The van der Waals surface area contributed by atoms with Gasteiger partial charge in [-0.25, -0.2) is 9.97 Å². The van der Waals surface area contributed by atoms with Crippen LogP contribution in [-0.4, -0.2) is 23.1 Å². The van der Waals surface area contributed by atoms with Crippen molar-refractivity contribution in [2.45, 2.75) is 6.92 Å². The number of fused-ring (bicyclic) bond motifs is 1. The fourth-order valence-electron chi connectivity index (χ4n) is 1.10. The van der Waals surface area contributed by atoms with Crippen LogP contribution in [0.15, 0.2) is 0 Å². The molecule has 0 fully saturated rings. The smallest absolute Gasteiger partial charge is 0.199 e. The van der Waals surface area contributed by atoms with Gasteiger partial charge in [-0.3, -0.25) is 0 Å². The topological polar surface area (TPSA) is 47.0 Å². The molecule has 0 amide bonds. The number of aryl methyl sites for hydroxylation is 1. The summed E-state index contributed by atoms with van der Waals surface area (Å²) in [4.78, 5) is 8.12. The molecule has 4 nitrogen and oxygen atoms in total. The number of aromatic nitrogens is 2. The van der Waals surface area contributed by atoms with Crippen LogP contribution in [0.25, 0.3) is 0 Å². The molecule has 0 spiro atoms. The molecule has 0 atom stereocenters. The minimum Gasteiger partial charge on any atom is -0.485 e. The van der Waals surface area contributed by atoms with E-state index >= 15 is 0 Å². The molecule has 1 aromatic heterocycles. The number of halogens is 1. The second kappa shape index (κ2) is 2.79. The van der Waals surface area contributed by atoms with E-state index in [1.54, 1.807) is 6.92 Å². The highest BCUT2D eigenvalue weighted by atomic mass is 35.5. The van der Waals surface area contributed by atoms with E-state index in [-0.39, 0.29) is 0 Å². The second-order valence-corrected chi connectivity index (χ2v) is 2.87. The molecule has 0 saturated heterocycles. The number of nitrogens with one attached hydrogen (secondary N) is 1. The average molecular weight is 186 g/mol. The second-order valence-electron chi connectivity index (χ2n) is 2.51. The lowest BCUT2D eigenvalue weighted by Crippen LogP contribution is -2.20. The van der Waals surface area contributed by atoms with E-state index in [1.165, 1.54) is 0 Å². The summed E-state index contributed by atoms with van der Waals surface area (Å²) < 4.78 is 5.29. The number of ether oxygens (including phenoxy) is 1. The van der Waals surface area contributed by atoms with Crippen LogP contribution in [0.5, 0.6) is 5.75 Å². The van der Waals surface area contributed by atoms with E-state index in [0.29, 0.717) is 29.2 Å². The van der Waals surface area contributed by atoms with Gasteiger partial charge in [-0.2, -0.15) is 0 Å². The molecule has 0 bridgehead atoms. The van der Waals surface area contributed by atoms with Crippen LogP contribution in [0.4, 0.5) is 5.82 Å². The molecule has 64 valence electrons. The van der Waals surface area contributed by atoms with Crippen molar-refractivity contribution in [1.29, 1.82) is 0 Å². The van der Waals surface area contributed by atoms with Gasteiger partial charge in [0.05, 0.1) is 6.54 Å². The Labute approximate surface area is 74.9 Å². The Morgan fingerprint density at radius 2 is 2.33 bits per heavy atom. The normalized spacial score (nSPS) is 14.5. The molecule has 0 saturated carbocycles. The number of hydrogen-bond donors (Lipinski definition) is 1. The van der Waals surface area contributed by atoms with Crippen molar-refractivity contribution in [3.05, 3.63) is 11.0 Å². The zero-order valence-corrected chi connectivity index (χ0v) is 7.35. The Balaban J connectivity index is 2.53. The van der Waals surface area contributed by atoms with Crippen molar-refractivity contribution < 1.29 is 4.74 Å². The van der Waals surface area contributed by atoms with Crippen LogP contribution in [0, 0.1) is 6.92 Å². The Bertz CT molecular complexity index is 316. The molecule has 1 aromatic rings. The molecule has 0 radical (unpaired) electrons. The summed E-state index contributed by atoms with van der Waals surface area (Å²) in [6.07, 6.45) is 0. The lowest BCUT2D eigenvalue weighted by molar-refractivity contribution is 0.319. The highest BCUT2D eigenvalue weighted by molar-refractivity contribution is 6.31. The standard InChI is InChI=1S/C7H8ClN3O/c1-4-10-6(8)5-7(11-4)9-2-3-12-5/h2-3H2,1H3,(H,9,10,11). The Kier molecular flexibility index (Phi) is 1.77. The van der Waals surface area contributed by atoms with Crippen molar-refractivity contribution in [2.75, 3.05) is 18.5 Å². The van der Waals surface area contributed by atoms with Crippen molar-refractivity contribution in [3.63, 3.8) is 0 Å². The van der Waals surface area contributed by atoms with Crippen molar-refractivity contribution in [1.82, 2.24) is 9.97 Å². The summed E-state index contributed by atoms with van der Waals surface area (Å²) in [6.45, 7) is 3.17. The lowest BCUT2D eigenvalue weighted by atomic mass is 10.4. The maximum Gasteiger partial charge on any atom is 0.199 e. The molecule has 2 rings (SSSR count). The molecule has 0 aromatic carbocycles. The molecule has 1 aliphatic rings. The maximum absolute atomic E-state index is 5.83. The van der Waals surface area contributed by atoms with Gasteiger partial charge < -0.3 is 10.1 Å². The summed E-state index contributed by atoms with van der Waals surface area (Å²) in [5.41, 5.74) is 0. The van der Waals surface area contributed by atoms with E-state index in [2.05, 4.69) is 15.3 Å². The monoisotopic (exact) mass is 185 g/mol. The fraction of sp³-hybridized carbons (Fsp3) is 0.429. The van der Waals surface area contributed by atoms with Crippen LogP contribution in [0.3, 0.4) is 0 Å². The molecule has 0 aliphatic carbocycles. The molecular formula is C7H8ClN3O. The van der Waals surface area contributed by atoms with Crippen LogP contribution < -0.4 is 10.1 Å². The van der Waals surface area contributed by atoms with Crippen LogP contribution >= 0.6 is 11.6 Å². The summed E-state index contributed by atoms with van der Waals surface area (Å²) in [7, 11) is 0. The van der Waals surface area contributed by atoms with Crippen LogP contribution in [0.2, 0.25) is 5.15 Å². The summed E-state index contributed by atoms with van der Waals surface area (Å²) >= 11 is 5.83. The molecule has 12 heavy (non-hydrogen) atoms. The minimum absolute atomic E-state index is 0.379. The van der Waals surface area contributed by atoms with Gasteiger partial charge >= 0.3 is 0 Å². The predicted molar refractivity (Wildman–Crippen MR) is 45.8 cm³/mol. The zero-order chi connectivity index (χ0) is 8.55. The number of hydrogen-bond acceptors (Lipinski definition) is 4. The first kappa shape index (κ1) is 7.61. The highest BCUT2D eigenvalue weighted by Crippen LogP contribution is 2.31. The van der Waals surface area contributed by atoms with Crippen LogP contribution in [0.1, 0.15) is 5.82 Å². The molecule has 5 heteroatoms. The minimum atomic E-state index is 0.379. The van der Waals surface area contributed by atoms with Crippen molar-refractivity contribution in [3.8, 4) is 5.75 Å². The third kappa shape index (κ3) is 1.18. The van der Waals surface area contributed by atoms with Gasteiger partial charge in [0.1, 0.15) is 12.4 Å². The van der Waals surface area contributed by atoms with Gasteiger partial charge in [0, 0.05) is 0 Å². The Hall–Kier alpha value is -1.03. The first-order valence-corrected chi connectivity index (χ1v) is 4.06. The van der Waals surface area contributed by atoms with E-state index in [4.69, 9.17) is 16.3 Å². The SMILES string of the molecule is Cc1nc(Cl)c2c(n1)NCCO2. The largest absolute Gasteiger partial charge is 0.485 e. The van der Waals surface area contributed by atoms with Crippen molar-refractivity contribution in [2.24, 2.45) is 0 Å². The molecule has 1 N–H and O–H groups in total. The summed E-state index contributed by atoms with van der Waals surface area (Å²) in [6, 6.07) is 0. The van der Waals surface area contributed by atoms with E-state index < -0.39 is 0 Å². The van der Waals surface area contributed by atoms with E-state index in [0.717, 1.165) is 6.54 Å². The first-order chi connectivity index (χ1) is 5.77. The molecule has 2 heterocycles. The first-order valence-electron chi connectivity index (χ1n) is 3.68. The maximum atomic E-state index is 5.83. The molecule has 0 unspecified atom stereocenters. The van der Waals surface area contributed by atoms with Gasteiger partial charge in [-0.1, -0.05) is 11.6 Å². The van der Waals surface area contributed by atoms with E-state index in [1.807, 2.05) is 0 Å². The highest BCUT2D eigenvalue weighted by Gasteiger charge is 2.16. The fourth-order valence-corrected chi connectivity index (χ4v) is 1.36. The third-order valence-electron chi connectivity index (χ3n) is 1.58. The number of nitrogens with zero attached hydrogens (tertiary/aromatic N) is 2. The number of anilines is 1. The molecule has 1 aliphatic heterocycles. The van der Waals surface area contributed by atoms with Crippen LogP contribution in [-0.2, 0) is 0 Å². The Morgan fingerprint density at radius 3 is 3.17 bits per heavy atom. The van der Waals surface area contributed by atoms with E-state index in [9.17, 15) is 0 Å². The zero-order valence-electron chi connectivity index (χ0n) is 6.59. The Morgan fingerprint density at radius 1 is 1.50 bits per heavy atom. The van der Waals surface area contributed by atoms with Gasteiger partial charge in [0.15, 0.2) is 16.7 Å².